The standard InChI is InChI=1S/C13H12ClN3O4/c1-6-4-7(2)11(17(19)20)12(8(6)3)21-13-9(18)5-10(14)15-16-13/h4-5H,1-3H3,(H,15,18). The van der Waals surface area contributed by atoms with E-state index in [9.17, 15) is 15.2 Å². The van der Waals surface area contributed by atoms with Gasteiger partial charge in [-0.3, -0.25) is 10.1 Å². The molecule has 1 aromatic heterocycles. The summed E-state index contributed by atoms with van der Waals surface area (Å²) in [5.74, 6) is -0.553. The second-order valence-electron chi connectivity index (χ2n) is 4.53. The molecule has 0 radical (unpaired) electrons. The van der Waals surface area contributed by atoms with Gasteiger partial charge in [-0.1, -0.05) is 11.6 Å². The number of nitro benzene ring substituents is 1. The zero-order valence-electron chi connectivity index (χ0n) is 11.5. The maximum absolute atomic E-state index is 11.2. The van der Waals surface area contributed by atoms with E-state index in [1.807, 2.05) is 6.92 Å². The molecule has 2 rings (SSSR count). The largest absolute Gasteiger partial charge is 0.503 e. The Morgan fingerprint density at radius 2 is 1.90 bits per heavy atom. The third kappa shape index (κ3) is 2.87. The number of aromatic nitrogens is 2. The molecule has 0 amide bonds. The van der Waals surface area contributed by atoms with E-state index in [1.54, 1.807) is 19.9 Å². The van der Waals surface area contributed by atoms with Crippen molar-refractivity contribution in [3.63, 3.8) is 0 Å². The molecule has 0 bridgehead atoms. The average Bonchev–Trinajstić information content (AvgIpc) is 2.38. The first-order valence-electron chi connectivity index (χ1n) is 5.96. The minimum absolute atomic E-state index is 0.00788. The molecule has 0 saturated carbocycles. The fourth-order valence-electron chi connectivity index (χ4n) is 1.91. The van der Waals surface area contributed by atoms with Gasteiger partial charge < -0.3 is 9.84 Å². The molecule has 2 aromatic rings. The van der Waals surface area contributed by atoms with Crippen LogP contribution in [0.5, 0.6) is 17.4 Å². The number of aryl methyl sites for hydroxylation is 2. The van der Waals surface area contributed by atoms with Crippen molar-refractivity contribution < 1.29 is 14.8 Å². The Morgan fingerprint density at radius 1 is 1.24 bits per heavy atom. The lowest BCUT2D eigenvalue weighted by Crippen LogP contribution is -2.01. The fourth-order valence-corrected chi connectivity index (χ4v) is 2.05. The van der Waals surface area contributed by atoms with Crippen molar-refractivity contribution in [2.24, 2.45) is 0 Å². The van der Waals surface area contributed by atoms with Crippen molar-refractivity contribution in [2.75, 3.05) is 0 Å². The molecule has 0 unspecified atom stereocenters. The van der Waals surface area contributed by atoms with Crippen molar-refractivity contribution in [1.29, 1.82) is 0 Å². The number of aromatic hydroxyl groups is 1. The van der Waals surface area contributed by atoms with Crippen LogP contribution in [0.1, 0.15) is 16.7 Å². The Kier molecular flexibility index (Phi) is 3.95. The highest BCUT2D eigenvalue weighted by atomic mass is 35.5. The normalized spacial score (nSPS) is 10.5. The van der Waals surface area contributed by atoms with Gasteiger partial charge in [0.2, 0.25) is 5.75 Å². The number of hydrogen-bond acceptors (Lipinski definition) is 6. The molecule has 0 aliphatic carbocycles. The lowest BCUT2D eigenvalue weighted by atomic mass is 10.0. The first-order valence-corrected chi connectivity index (χ1v) is 6.34. The summed E-state index contributed by atoms with van der Waals surface area (Å²) in [7, 11) is 0. The maximum atomic E-state index is 11.2. The van der Waals surface area contributed by atoms with Crippen LogP contribution in [0.25, 0.3) is 0 Å². The molecule has 21 heavy (non-hydrogen) atoms. The minimum Gasteiger partial charge on any atom is -0.503 e. The Morgan fingerprint density at radius 3 is 2.48 bits per heavy atom. The highest BCUT2D eigenvalue weighted by molar-refractivity contribution is 6.29. The van der Waals surface area contributed by atoms with E-state index in [-0.39, 0.29) is 28.2 Å². The molecule has 0 spiro atoms. The van der Waals surface area contributed by atoms with Gasteiger partial charge in [-0.25, -0.2) is 0 Å². The smallest absolute Gasteiger partial charge is 0.314 e. The van der Waals surface area contributed by atoms with Crippen LogP contribution in [0.2, 0.25) is 5.15 Å². The van der Waals surface area contributed by atoms with Gasteiger partial charge in [0.1, 0.15) is 0 Å². The zero-order valence-corrected chi connectivity index (χ0v) is 12.3. The number of rotatable bonds is 3. The van der Waals surface area contributed by atoms with Gasteiger partial charge in [0, 0.05) is 17.2 Å². The van der Waals surface area contributed by atoms with E-state index in [2.05, 4.69) is 10.2 Å². The van der Waals surface area contributed by atoms with E-state index < -0.39 is 4.92 Å². The third-order valence-corrected chi connectivity index (χ3v) is 3.23. The van der Waals surface area contributed by atoms with Crippen molar-refractivity contribution in [2.45, 2.75) is 20.8 Å². The molecular formula is C13H12ClN3O4. The lowest BCUT2D eigenvalue weighted by molar-refractivity contribution is -0.386. The summed E-state index contributed by atoms with van der Waals surface area (Å²) in [4.78, 5) is 10.7. The minimum atomic E-state index is -0.530. The average molecular weight is 310 g/mol. The van der Waals surface area contributed by atoms with Crippen LogP contribution in [0, 0.1) is 30.9 Å². The maximum Gasteiger partial charge on any atom is 0.314 e. The summed E-state index contributed by atoms with van der Waals surface area (Å²) < 4.78 is 5.43. The van der Waals surface area contributed by atoms with Gasteiger partial charge in [0.25, 0.3) is 5.88 Å². The number of nitro groups is 1. The Hall–Kier alpha value is -2.41. The third-order valence-electron chi connectivity index (χ3n) is 3.05. The molecule has 0 aliphatic heterocycles. The highest BCUT2D eigenvalue weighted by Gasteiger charge is 2.24. The number of hydrogen-bond donors (Lipinski definition) is 1. The Labute approximate surface area is 125 Å². The van der Waals surface area contributed by atoms with Crippen LogP contribution in [-0.2, 0) is 0 Å². The van der Waals surface area contributed by atoms with Gasteiger partial charge in [0.15, 0.2) is 10.9 Å². The fraction of sp³-hybridized carbons (Fsp3) is 0.231. The predicted molar refractivity (Wildman–Crippen MR) is 76.1 cm³/mol. The lowest BCUT2D eigenvalue weighted by Gasteiger charge is -2.12. The van der Waals surface area contributed by atoms with Crippen LogP contribution < -0.4 is 4.74 Å². The Bertz CT molecular complexity index is 734. The van der Waals surface area contributed by atoms with Crippen molar-refractivity contribution in [3.8, 4) is 17.4 Å². The molecular weight excluding hydrogens is 298 g/mol. The molecule has 0 fully saturated rings. The van der Waals surface area contributed by atoms with Crippen molar-refractivity contribution in [1.82, 2.24) is 10.2 Å². The molecule has 8 heteroatoms. The van der Waals surface area contributed by atoms with E-state index >= 15 is 0 Å². The van der Waals surface area contributed by atoms with Crippen LogP contribution >= 0.6 is 11.6 Å². The molecule has 1 heterocycles. The summed E-state index contributed by atoms with van der Waals surface area (Å²) >= 11 is 5.59. The second-order valence-corrected chi connectivity index (χ2v) is 4.92. The van der Waals surface area contributed by atoms with Gasteiger partial charge in [-0.2, -0.15) is 0 Å². The van der Waals surface area contributed by atoms with Crippen LogP contribution in [0.4, 0.5) is 5.69 Å². The number of halogens is 1. The van der Waals surface area contributed by atoms with Crippen molar-refractivity contribution >= 4 is 17.3 Å². The second kappa shape index (κ2) is 5.53. The van der Waals surface area contributed by atoms with Gasteiger partial charge in [-0.05, 0) is 32.4 Å². The summed E-state index contributed by atoms with van der Waals surface area (Å²) in [5.41, 5.74) is 1.70. The molecule has 110 valence electrons. The van der Waals surface area contributed by atoms with E-state index in [0.29, 0.717) is 11.1 Å². The van der Waals surface area contributed by atoms with Gasteiger partial charge >= 0.3 is 5.69 Å². The summed E-state index contributed by atoms with van der Waals surface area (Å²) in [5, 5.41) is 28.1. The molecule has 0 aliphatic rings. The SMILES string of the molecule is Cc1cc(C)c([N+](=O)[O-])c(Oc2nnc(Cl)cc2O)c1C. The first kappa shape index (κ1) is 15.0. The molecule has 0 saturated heterocycles. The molecule has 1 N–H and O–H groups in total. The first-order chi connectivity index (χ1) is 9.81. The van der Waals surface area contributed by atoms with Crippen LogP contribution in [0.15, 0.2) is 12.1 Å². The van der Waals surface area contributed by atoms with Crippen LogP contribution in [-0.4, -0.2) is 20.2 Å². The number of benzene rings is 1. The van der Waals surface area contributed by atoms with E-state index in [0.717, 1.165) is 11.6 Å². The quantitative estimate of drug-likeness (QED) is 0.688. The predicted octanol–water partition coefficient (Wildman–Crippen LogP) is 3.46. The van der Waals surface area contributed by atoms with Gasteiger partial charge in [-0.15, -0.1) is 10.2 Å². The highest BCUT2D eigenvalue weighted by Crippen LogP contribution is 2.40. The molecule has 0 atom stereocenters. The molecule has 7 nitrogen and oxygen atoms in total. The van der Waals surface area contributed by atoms with E-state index in [4.69, 9.17) is 16.3 Å². The van der Waals surface area contributed by atoms with Crippen molar-refractivity contribution in [3.05, 3.63) is 44.1 Å². The summed E-state index contributed by atoms with van der Waals surface area (Å²) in [6, 6.07) is 2.85. The monoisotopic (exact) mass is 309 g/mol. The number of ether oxygens (including phenoxy) is 1. The van der Waals surface area contributed by atoms with Crippen LogP contribution in [0.3, 0.4) is 0 Å². The number of nitrogens with zero attached hydrogens (tertiary/aromatic N) is 3. The van der Waals surface area contributed by atoms with Gasteiger partial charge in [0.05, 0.1) is 4.92 Å². The Balaban J connectivity index is 2.60. The van der Waals surface area contributed by atoms with E-state index in [1.165, 1.54) is 0 Å². The summed E-state index contributed by atoms with van der Waals surface area (Å²) in [6.07, 6.45) is 0. The topological polar surface area (TPSA) is 98.4 Å². The summed E-state index contributed by atoms with van der Waals surface area (Å²) in [6.45, 7) is 5.12. The molecule has 1 aromatic carbocycles. The zero-order chi connectivity index (χ0) is 15.7.